The molecule has 0 unspecified atom stereocenters. The van der Waals surface area contributed by atoms with Crippen LogP contribution in [0.2, 0.25) is 0 Å². The van der Waals surface area contributed by atoms with Gasteiger partial charge in [-0.3, -0.25) is 0 Å². The van der Waals surface area contributed by atoms with Crippen LogP contribution in [0.1, 0.15) is 0 Å². The van der Waals surface area contributed by atoms with E-state index < -0.39 is 69.4 Å². The second-order valence-corrected chi connectivity index (χ2v) is 4.60. The van der Waals surface area contributed by atoms with Gasteiger partial charge in [0.15, 0.2) is 46.5 Å². The maximum Gasteiger partial charge on any atom is 0.254 e. The first kappa shape index (κ1) is 16.9. The highest BCUT2D eigenvalue weighted by Crippen LogP contribution is 2.33. The van der Waals surface area contributed by atoms with Gasteiger partial charge in [-0.15, -0.1) is 10.2 Å². The van der Waals surface area contributed by atoms with Gasteiger partial charge >= 0.3 is 0 Å². The van der Waals surface area contributed by atoms with E-state index in [-0.39, 0.29) is 12.1 Å². The van der Waals surface area contributed by atoms with Crippen LogP contribution in [0.15, 0.2) is 16.5 Å². The van der Waals surface area contributed by atoms with E-state index in [1.54, 1.807) is 0 Å². The van der Waals surface area contributed by atoms with Gasteiger partial charge in [0.2, 0.25) is 0 Å². The van der Waals surface area contributed by atoms with Crippen LogP contribution in [0.5, 0.6) is 0 Å². The quantitative estimate of drug-likeness (QED) is 0.495. The van der Waals surface area contributed by atoms with Crippen LogP contribution >= 0.6 is 0 Å². The molecule has 3 aromatic rings. The number of hydrogen-bond donors (Lipinski definition) is 0. The summed E-state index contributed by atoms with van der Waals surface area (Å²) >= 11 is 0. The summed E-state index contributed by atoms with van der Waals surface area (Å²) in [5.74, 6) is -17.3. The van der Waals surface area contributed by atoms with E-state index in [0.29, 0.717) is 0 Å². The van der Waals surface area contributed by atoms with E-state index >= 15 is 0 Å². The Morgan fingerprint density at radius 2 is 0.800 bits per heavy atom. The smallest absolute Gasteiger partial charge is 0.254 e. The molecule has 0 aliphatic carbocycles. The molecular formula is C14H2F8N2O. The minimum absolute atomic E-state index is 0.0905. The SMILES string of the molecule is Fc1cc(F)c(F)c(-c2nnc(-c3c(F)c(F)cc(F)c3F)o2)c1F. The first-order chi connectivity index (χ1) is 11.7. The number of aromatic nitrogens is 2. The molecule has 2 aromatic carbocycles. The number of nitrogens with zero attached hydrogens (tertiary/aromatic N) is 2. The lowest BCUT2D eigenvalue weighted by Crippen LogP contribution is -1.99. The van der Waals surface area contributed by atoms with Gasteiger partial charge in [-0.2, -0.15) is 0 Å². The summed E-state index contributed by atoms with van der Waals surface area (Å²) in [4.78, 5) is 0. The molecule has 0 saturated carbocycles. The van der Waals surface area contributed by atoms with Gasteiger partial charge in [0.05, 0.1) is 0 Å². The molecular weight excluding hydrogens is 364 g/mol. The van der Waals surface area contributed by atoms with Crippen LogP contribution in [0, 0.1) is 46.5 Å². The van der Waals surface area contributed by atoms with Gasteiger partial charge < -0.3 is 4.42 Å². The van der Waals surface area contributed by atoms with Crippen molar-refractivity contribution in [2.24, 2.45) is 0 Å². The van der Waals surface area contributed by atoms with Gasteiger partial charge in [-0.05, 0) is 0 Å². The van der Waals surface area contributed by atoms with Crippen molar-refractivity contribution < 1.29 is 39.5 Å². The van der Waals surface area contributed by atoms with Crippen molar-refractivity contribution in [3.63, 3.8) is 0 Å². The van der Waals surface area contributed by atoms with Crippen LogP contribution in [-0.4, -0.2) is 10.2 Å². The molecule has 0 fully saturated rings. The van der Waals surface area contributed by atoms with Crippen LogP contribution in [0.3, 0.4) is 0 Å². The molecule has 0 aliphatic heterocycles. The zero-order chi connectivity index (χ0) is 18.5. The summed E-state index contributed by atoms with van der Waals surface area (Å²) in [6.07, 6.45) is 0. The van der Waals surface area contributed by atoms with Crippen molar-refractivity contribution in [3.05, 3.63) is 58.7 Å². The monoisotopic (exact) mass is 366 g/mol. The second kappa shape index (κ2) is 5.83. The minimum Gasteiger partial charge on any atom is -0.416 e. The third-order valence-electron chi connectivity index (χ3n) is 3.08. The maximum absolute atomic E-state index is 13.6. The highest BCUT2D eigenvalue weighted by atomic mass is 19.2. The molecule has 1 aromatic heterocycles. The topological polar surface area (TPSA) is 38.9 Å². The molecule has 1 heterocycles. The highest BCUT2D eigenvalue weighted by molar-refractivity contribution is 5.60. The zero-order valence-corrected chi connectivity index (χ0v) is 11.5. The first-order valence-electron chi connectivity index (χ1n) is 6.22. The van der Waals surface area contributed by atoms with Crippen molar-refractivity contribution in [1.82, 2.24) is 10.2 Å². The number of halogens is 8. The molecule has 0 saturated heterocycles. The fourth-order valence-electron chi connectivity index (χ4n) is 1.95. The summed E-state index contributed by atoms with van der Waals surface area (Å²) < 4.78 is 112. The normalized spacial score (nSPS) is 11.2. The summed E-state index contributed by atoms with van der Waals surface area (Å²) in [6.45, 7) is 0. The molecule has 0 amide bonds. The van der Waals surface area contributed by atoms with Gasteiger partial charge in [-0.25, -0.2) is 35.1 Å². The van der Waals surface area contributed by atoms with E-state index in [1.807, 2.05) is 0 Å². The zero-order valence-electron chi connectivity index (χ0n) is 11.5. The lowest BCUT2D eigenvalue weighted by molar-refractivity contribution is 0.444. The Morgan fingerprint density at radius 3 is 1.08 bits per heavy atom. The highest BCUT2D eigenvalue weighted by Gasteiger charge is 2.28. The number of rotatable bonds is 2. The molecule has 0 radical (unpaired) electrons. The Kier molecular flexibility index (Phi) is 3.93. The summed E-state index contributed by atoms with van der Waals surface area (Å²) in [5, 5.41) is 6.00. The van der Waals surface area contributed by atoms with Gasteiger partial charge in [0.1, 0.15) is 11.1 Å². The van der Waals surface area contributed by atoms with Crippen molar-refractivity contribution in [2.45, 2.75) is 0 Å². The van der Waals surface area contributed by atoms with E-state index in [0.717, 1.165) is 0 Å². The molecule has 0 bridgehead atoms. The molecule has 11 heteroatoms. The minimum atomic E-state index is -1.92. The summed E-state index contributed by atoms with van der Waals surface area (Å²) in [6, 6.07) is -0.181. The largest absolute Gasteiger partial charge is 0.416 e. The van der Waals surface area contributed by atoms with Crippen molar-refractivity contribution in [1.29, 1.82) is 0 Å². The average molecular weight is 366 g/mol. The van der Waals surface area contributed by atoms with Crippen LogP contribution in [-0.2, 0) is 0 Å². The molecule has 3 nitrogen and oxygen atoms in total. The fraction of sp³-hybridized carbons (Fsp3) is 0. The van der Waals surface area contributed by atoms with E-state index in [9.17, 15) is 35.1 Å². The Bertz CT molecular complexity index is 871. The van der Waals surface area contributed by atoms with E-state index in [4.69, 9.17) is 0 Å². The third-order valence-corrected chi connectivity index (χ3v) is 3.08. The van der Waals surface area contributed by atoms with Crippen molar-refractivity contribution >= 4 is 0 Å². The van der Waals surface area contributed by atoms with E-state index in [1.165, 1.54) is 0 Å². The predicted molar refractivity (Wildman–Crippen MR) is 64.8 cm³/mol. The summed E-state index contributed by atoms with van der Waals surface area (Å²) in [7, 11) is 0. The first-order valence-corrected chi connectivity index (χ1v) is 6.22. The summed E-state index contributed by atoms with van der Waals surface area (Å²) in [5.41, 5.74) is -2.90. The fourth-order valence-corrected chi connectivity index (χ4v) is 1.95. The number of benzene rings is 2. The van der Waals surface area contributed by atoms with Crippen molar-refractivity contribution in [3.8, 4) is 22.9 Å². The molecule has 3 rings (SSSR count). The molecule has 0 aliphatic rings. The standard InChI is InChI=1S/C14H2F8N2O/c15-3-1-4(16)10(20)7(9(3)19)13-23-24-14(25-13)8-11(21)5(17)2-6(18)12(8)22/h1-2H. The Balaban J connectivity index is 2.22. The Labute approximate surface area is 132 Å². The Morgan fingerprint density at radius 1 is 0.520 bits per heavy atom. The van der Waals surface area contributed by atoms with Gasteiger partial charge in [0, 0.05) is 12.1 Å². The van der Waals surface area contributed by atoms with Gasteiger partial charge in [-0.1, -0.05) is 0 Å². The second-order valence-electron chi connectivity index (χ2n) is 4.60. The molecule has 0 spiro atoms. The maximum atomic E-state index is 13.6. The Hall–Kier alpha value is -2.98. The predicted octanol–water partition coefficient (Wildman–Crippen LogP) is 4.52. The molecule has 0 atom stereocenters. The van der Waals surface area contributed by atoms with Crippen molar-refractivity contribution in [2.75, 3.05) is 0 Å². The van der Waals surface area contributed by atoms with Crippen LogP contribution < -0.4 is 0 Å². The number of hydrogen-bond acceptors (Lipinski definition) is 3. The molecule has 0 N–H and O–H groups in total. The lowest BCUT2D eigenvalue weighted by atomic mass is 10.1. The molecule has 130 valence electrons. The lowest BCUT2D eigenvalue weighted by Gasteiger charge is -2.03. The van der Waals surface area contributed by atoms with Crippen LogP contribution in [0.25, 0.3) is 22.9 Å². The van der Waals surface area contributed by atoms with Gasteiger partial charge in [0.25, 0.3) is 11.8 Å². The average Bonchev–Trinajstić information content (AvgIpc) is 3.01. The van der Waals surface area contributed by atoms with E-state index in [2.05, 4.69) is 14.6 Å². The molecule has 25 heavy (non-hydrogen) atoms. The van der Waals surface area contributed by atoms with Crippen LogP contribution in [0.4, 0.5) is 35.1 Å². The third kappa shape index (κ3) is 2.61.